The zero-order chi connectivity index (χ0) is 25.1. The Bertz CT molecular complexity index is 1320. The number of carboxylic acid groups (broad SMARTS) is 1. The Kier molecular flexibility index (Phi) is 6.85. The predicted octanol–water partition coefficient (Wildman–Crippen LogP) is 2.74. The van der Waals surface area contributed by atoms with Gasteiger partial charge < -0.3 is 15.7 Å². The second-order valence-electron chi connectivity index (χ2n) is 6.88. The van der Waals surface area contributed by atoms with Crippen LogP contribution in [0.15, 0.2) is 42.9 Å². The molecule has 0 bridgehead atoms. The quantitative estimate of drug-likeness (QED) is 0.424. The van der Waals surface area contributed by atoms with Gasteiger partial charge in [0, 0.05) is 31.3 Å². The minimum atomic E-state index is -4.79. The van der Waals surface area contributed by atoms with Crippen LogP contribution in [0.4, 0.5) is 36.4 Å². The molecule has 11 nitrogen and oxygen atoms in total. The molecule has 0 aliphatic rings. The summed E-state index contributed by atoms with van der Waals surface area (Å²) in [6.07, 6.45) is -0.760. The van der Waals surface area contributed by atoms with Crippen molar-refractivity contribution in [3.05, 3.63) is 59.7 Å². The number of aromatic nitrogens is 4. The zero-order valence-electron chi connectivity index (χ0n) is 17.7. The number of hydrogen-bond acceptors (Lipinski definition) is 9. The van der Waals surface area contributed by atoms with Crippen LogP contribution in [-0.2, 0) is 22.7 Å². The maximum absolute atomic E-state index is 13.5. The Balaban J connectivity index is 1.92. The van der Waals surface area contributed by atoms with Gasteiger partial charge in [0.25, 0.3) is 0 Å². The highest BCUT2D eigenvalue weighted by Gasteiger charge is 2.35. The third-order valence-corrected chi connectivity index (χ3v) is 5.60. The van der Waals surface area contributed by atoms with Crippen molar-refractivity contribution in [2.75, 3.05) is 28.2 Å². The van der Waals surface area contributed by atoms with Crippen LogP contribution in [0.1, 0.15) is 21.6 Å². The van der Waals surface area contributed by atoms with Crippen molar-refractivity contribution in [3.8, 4) is 0 Å². The summed E-state index contributed by atoms with van der Waals surface area (Å²) in [6, 6.07) is 5.56. The van der Waals surface area contributed by atoms with Crippen LogP contribution in [0.3, 0.4) is 0 Å². The maximum Gasteiger partial charge on any atom is 0.421 e. The molecule has 0 unspecified atom stereocenters. The number of hydrogen-bond donors (Lipinski definition) is 3. The number of alkyl halides is 3. The molecule has 2 heterocycles. The van der Waals surface area contributed by atoms with Crippen LogP contribution in [0.25, 0.3) is 0 Å². The fraction of sp³-hybridized carbons (Fsp3) is 0.211. The smallest absolute Gasteiger partial charge is 0.421 e. The molecule has 3 aromatic rings. The van der Waals surface area contributed by atoms with Crippen molar-refractivity contribution in [1.29, 1.82) is 0 Å². The lowest BCUT2D eigenvalue weighted by atomic mass is 10.2. The van der Waals surface area contributed by atoms with E-state index in [1.54, 1.807) is 0 Å². The van der Waals surface area contributed by atoms with Crippen molar-refractivity contribution >= 4 is 39.3 Å². The van der Waals surface area contributed by atoms with Gasteiger partial charge in [-0.2, -0.15) is 18.2 Å². The Hall–Kier alpha value is -4.01. The summed E-state index contributed by atoms with van der Waals surface area (Å²) in [7, 11) is -2.46. The molecule has 0 aliphatic carbocycles. The van der Waals surface area contributed by atoms with Crippen LogP contribution < -0.4 is 14.9 Å². The number of nitrogens with one attached hydrogen (secondary N) is 2. The molecular weight excluding hydrogens is 479 g/mol. The SMILES string of the molecule is CN(c1nccnc1CNc1nc(Nc2cccc(C(=O)O)c2)ncc1C(F)(F)F)S(C)(=O)=O. The van der Waals surface area contributed by atoms with Gasteiger partial charge in [0.1, 0.15) is 17.1 Å². The average Bonchev–Trinajstić information content (AvgIpc) is 2.76. The van der Waals surface area contributed by atoms with E-state index in [1.165, 1.54) is 43.7 Å². The number of benzene rings is 1. The van der Waals surface area contributed by atoms with Gasteiger partial charge in [-0.15, -0.1) is 0 Å². The molecule has 180 valence electrons. The Morgan fingerprint density at radius 2 is 1.88 bits per heavy atom. The van der Waals surface area contributed by atoms with E-state index in [0.29, 0.717) is 6.20 Å². The number of carboxylic acids is 1. The van der Waals surface area contributed by atoms with E-state index in [1.807, 2.05) is 0 Å². The van der Waals surface area contributed by atoms with Gasteiger partial charge in [-0.1, -0.05) is 6.07 Å². The molecule has 0 saturated heterocycles. The molecule has 2 aromatic heterocycles. The molecule has 0 atom stereocenters. The molecular formula is C19H18F3N7O4S. The van der Waals surface area contributed by atoms with E-state index < -0.39 is 33.6 Å². The van der Waals surface area contributed by atoms with Gasteiger partial charge in [0.15, 0.2) is 5.82 Å². The van der Waals surface area contributed by atoms with Gasteiger partial charge >= 0.3 is 12.1 Å². The van der Waals surface area contributed by atoms with Crippen molar-refractivity contribution in [2.24, 2.45) is 0 Å². The van der Waals surface area contributed by atoms with Crippen molar-refractivity contribution in [3.63, 3.8) is 0 Å². The number of sulfonamides is 1. The van der Waals surface area contributed by atoms with Gasteiger partial charge in [-0.25, -0.2) is 23.2 Å². The van der Waals surface area contributed by atoms with E-state index in [2.05, 4.69) is 30.6 Å². The molecule has 0 amide bonds. The van der Waals surface area contributed by atoms with Crippen molar-refractivity contribution in [1.82, 2.24) is 19.9 Å². The maximum atomic E-state index is 13.5. The number of anilines is 4. The lowest BCUT2D eigenvalue weighted by Gasteiger charge is -2.19. The molecule has 34 heavy (non-hydrogen) atoms. The van der Waals surface area contributed by atoms with Crippen molar-refractivity contribution < 1.29 is 31.5 Å². The standard InChI is InChI=1S/C19H18F3N7O4S/c1-29(34(2,32)33)16-14(23-6-7-24-16)10-25-15-13(19(20,21)22)9-26-18(28-15)27-12-5-3-4-11(8-12)17(30)31/h3-9H,10H2,1-2H3,(H,30,31)(H2,25,26,27,28). The van der Waals surface area contributed by atoms with Gasteiger partial charge in [0.2, 0.25) is 16.0 Å². The third-order valence-electron chi connectivity index (χ3n) is 4.43. The largest absolute Gasteiger partial charge is 0.478 e. The zero-order valence-corrected chi connectivity index (χ0v) is 18.5. The minimum Gasteiger partial charge on any atom is -0.478 e. The summed E-state index contributed by atoms with van der Waals surface area (Å²) in [4.78, 5) is 26.6. The second-order valence-corrected chi connectivity index (χ2v) is 8.89. The number of nitrogens with zero attached hydrogens (tertiary/aromatic N) is 5. The van der Waals surface area contributed by atoms with Crippen molar-refractivity contribution in [2.45, 2.75) is 12.7 Å². The number of carbonyl (C=O) groups is 1. The summed E-state index contributed by atoms with van der Waals surface area (Å²) < 4.78 is 65.1. The van der Waals surface area contributed by atoms with Crippen LogP contribution in [0.2, 0.25) is 0 Å². The molecule has 3 rings (SSSR count). The Morgan fingerprint density at radius 1 is 1.18 bits per heavy atom. The van der Waals surface area contributed by atoms with Crippen LogP contribution >= 0.6 is 0 Å². The number of rotatable bonds is 8. The summed E-state index contributed by atoms with van der Waals surface area (Å²) in [5.74, 6) is -2.08. The highest BCUT2D eigenvalue weighted by molar-refractivity contribution is 7.92. The second kappa shape index (κ2) is 9.46. The molecule has 0 spiro atoms. The Morgan fingerprint density at radius 3 is 2.53 bits per heavy atom. The van der Waals surface area contributed by atoms with Crippen LogP contribution in [0.5, 0.6) is 0 Å². The highest BCUT2D eigenvalue weighted by atomic mass is 32.2. The van der Waals surface area contributed by atoms with E-state index in [-0.39, 0.29) is 35.3 Å². The molecule has 0 radical (unpaired) electrons. The monoisotopic (exact) mass is 497 g/mol. The van der Waals surface area contributed by atoms with Crippen LogP contribution in [0, 0.1) is 0 Å². The van der Waals surface area contributed by atoms with Crippen LogP contribution in [-0.4, -0.2) is 52.7 Å². The average molecular weight is 497 g/mol. The third kappa shape index (κ3) is 5.86. The molecule has 1 aromatic carbocycles. The summed E-state index contributed by atoms with van der Waals surface area (Å²) in [5.41, 5.74) is -0.901. The van der Waals surface area contributed by atoms with E-state index in [0.717, 1.165) is 10.6 Å². The van der Waals surface area contributed by atoms with E-state index in [4.69, 9.17) is 5.11 Å². The summed E-state index contributed by atoms with van der Waals surface area (Å²) in [5, 5.41) is 14.3. The lowest BCUT2D eigenvalue weighted by Crippen LogP contribution is -2.27. The minimum absolute atomic E-state index is 0.0413. The number of halogens is 3. The Labute approximate surface area is 191 Å². The molecule has 0 aliphatic heterocycles. The fourth-order valence-corrected chi connectivity index (χ4v) is 3.18. The highest BCUT2D eigenvalue weighted by Crippen LogP contribution is 2.34. The first-order chi connectivity index (χ1) is 15.9. The normalized spacial score (nSPS) is 11.7. The van der Waals surface area contributed by atoms with Gasteiger partial charge in [-0.05, 0) is 18.2 Å². The summed E-state index contributed by atoms with van der Waals surface area (Å²) in [6.45, 7) is -0.336. The lowest BCUT2D eigenvalue weighted by molar-refractivity contribution is -0.137. The molecule has 15 heteroatoms. The predicted molar refractivity (Wildman–Crippen MR) is 116 cm³/mol. The molecule has 0 saturated carbocycles. The van der Waals surface area contributed by atoms with E-state index in [9.17, 15) is 26.4 Å². The first-order valence-electron chi connectivity index (χ1n) is 9.38. The fourth-order valence-electron chi connectivity index (χ4n) is 2.72. The molecule has 3 N–H and O–H groups in total. The van der Waals surface area contributed by atoms with Gasteiger partial charge in [0.05, 0.1) is 18.4 Å². The topological polar surface area (TPSA) is 150 Å². The van der Waals surface area contributed by atoms with Gasteiger partial charge in [-0.3, -0.25) is 9.29 Å². The number of aromatic carboxylic acids is 1. The first kappa shape index (κ1) is 24.6. The first-order valence-corrected chi connectivity index (χ1v) is 11.2. The van der Waals surface area contributed by atoms with E-state index >= 15 is 0 Å². The summed E-state index contributed by atoms with van der Waals surface area (Å²) >= 11 is 0. The molecule has 0 fully saturated rings.